The van der Waals surface area contributed by atoms with Crippen LogP contribution in [0.5, 0.6) is 5.75 Å². The smallest absolute Gasteiger partial charge is 0.433 e. The van der Waals surface area contributed by atoms with Crippen molar-refractivity contribution >= 4 is 11.3 Å². The summed E-state index contributed by atoms with van der Waals surface area (Å²) >= 11 is 0. The maximum absolute atomic E-state index is 13.9. The number of nitrogens with one attached hydrogen (secondary N) is 1. The van der Waals surface area contributed by atoms with Gasteiger partial charge in [0.15, 0.2) is 17.0 Å². The van der Waals surface area contributed by atoms with Crippen LogP contribution in [0.25, 0.3) is 33.7 Å². The number of aromatic amines is 1. The molecule has 0 aliphatic heterocycles. The van der Waals surface area contributed by atoms with Crippen molar-refractivity contribution in [3.8, 4) is 28.1 Å². The van der Waals surface area contributed by atoms with Crippen LogP contribution < -0.4 is 10.3 Å². The van der Waals surface area contributed by atoms with E-state index < -0.39 is 24.0 Å². The lowest BCUT2D eigenvalue weighted by atomic mass is 10.1. The van der Waals surface area contributed by atoms with Gasteiger partial charge >= 0.3 is 6.18 Å². The second-order valence-electron chi connectivity index (χ2n) is 7.60. The fraction of sp³-hybridized carbons (Fsp3) is 0.174. The number of hydrogen-bond donors (Lipinski definition) is 2. The van der Waals surface area contributed by atoms with Gasteiger partial charge in [0, 0.05) is 6.20 Å². The number of halogens is 3. The van der Waals surface area contributed by atoms with Gasteiger partial charge in [0.25, 0.3) is 5.56 Å². The van der Waals surface area contributed by atoms with Crippen molar-refractivity contribution in [2.75, 3.05) is 7.11 Å². The minimum atomic E-state index is -4.76. The Balaban J connectivity index is 1.87. The number of imidazole rings is 1. The SMILES string of the molecule is COc1cccn2c(CO)c(-c3c(C)nc4c(-c5ccccc5)c(C(F)(F)F)[nH]n4c3=O)nc12. The molecule has 11 heteroatoms. The van der Waals surface area contributed by atoms with Crippen LogP contribution in [0.2, 0.25) is 0 Å². The third-order valence-corrected chi connectivity index (χ3v) is 5.63. The molecule has 5 aromatic rings. The number of methoxy groups -OCH3 is 1. The van der Waals surface area contributed by atoms with Gasteiger partial charge in [-0.1, -0.05) is 30.3 Å². The van der Waals surface area contributed by atoms with Crippen LogP contribution in [-0.4, -0.2) is 36.2 Å². The van der Waals surface area contributed by atoms with Gasteiger partial charge in [-0.25, -0.2) is 9.97 Å². The van der Waals surface area contributed by atoms with Crippen LogP contribution in [0.15, 0.2) is 53.5 Å². The van der Waals surface area contributed by atoms with Crippen molar-refractivity contribution in [3.63, 3.8) is 0 Å². The number of rotatable bonds is 4. The third kappa shape index (κ3) is 3.16. The highest BCUT2D eigenvalue weighted by molar-refractivity contribution is 5.82. The Labute approximate surface area is 189 Å². The standard InChI is InChI=1S/C23H18F3N5O3/c1-12-16(18-14(11-32)30-10-6-9-15(34-2)20(30)28-18)22(33)31-21(27-12)17(13-7-4-3-5-8-13)19(29-31)23(24,25)26/h3-10,29,32H,11H2,1-2H3. The summed E-state index contributed by atoms with van der Waals surface area (Å²) in [5, 5.41) is 12.2. The van der Waals surface area contributed by atoms with Crippen molar-refractivity contribution in [1.29, 1.82) is 0 Å². The zero-order valence-corrected chi connectivity index (χ0v) is 18.0. The topological polar surface area (TPSA) is 96.9 Å². The van der Waals surface area contributed by atoms with Crippen LogP contribution in [0.1, 0.15) is 17.1 Å². The molecule has 8 nitrogen and oxygen atoms in total. The second-order valence-corrected chi connectivity index (χ2v) is 7.60. The number of aryl methyl sites for hydroxylation is 1. The van der Waals surface area contributed by atoms with Gasteiger partial charge in [-0.05, 0) is 24.6 Å². The molecule has 4 heterocycles. The first-order valence-electron chi connectivity index (χ1n) is 10.2. The first-order valence-corrected chi connectivity index (χ1v) is 10.2. The van der Waals surface area contributed by atoms with E-state index in [1.165, 1.54) is 26.2 Å². The summed E-state index contributed by atoms with van der Waals surface area (Å²) in [5.74, 6) is 0.404. The molecule has 5 rings (SSSR count). The molecule has 0 unspecified atom stereocenters. The number of hydrogen-bond acceptors (Lipinski definition) is 5. The van der Waals surface area contributed by atoms with E-state index in [2.05, 4.69) is 15.1 Å². The molecule has 174 valence electrons. The summed E-state index contributed by atoms with van der Waals surface area (Å²) in [6, 6.07) is 11.3. The zero-order chi connectivity index (χ0) is 24.2. The minimum absolute atomic E-state index is 0.0260. The number of aliphatic hydroxyl groups is 1. The molecule has 0 aliphatic carbocycles. The molecule has 0 aliphatic rings. The van der Waals surface area contributed by atoms with E-state index in [4.69, 9.17) is 4.74 Å². The normalized spacial score (nSPS) is 12.1. The van der Waals surface area contributed by atoms with Crippen LogP contribution in [0.3, 0.4) is 0 Å². The summed E-state index contributed by atoms with van der Waals surface area (Å²) in [6.45, 7) is 1.05. The molecule has 0 fully saturated rings. The molecule has 0 saturated heterocycles. The molecule has 0 bridgehead atoms. The van der Waals surface area contributed by atoms with Crippen molar-refractivity contribution in [2.45, 2.75) is 19.7 Å². The highest BCUT2D eigenvalue weighted by Gasteiger charge is 2.38. The van der Waals surface area contributed by atoms with Gasteiger partial charge in [0.2, 0.25) is 0 Å². The third-order valence-electron chi connectivity index (χ3n) is 5.63. The molecule has 34 heavy (non-hydrogen) atoms. The highest BCUT2D eigenvalue weighted by Crippen LogP contribution is 2.38. The Hall–Kier alpha value is -4.12. The lowest BCUT2D eigenvalue weighted by Gasteiger charge is -2.07. The number of aromatic nitrogens is 5. The molecule has 0 spiro atoms. The number of fused-ring (bicyclic) bond motifs is 2. The fourth-order valence-corrected chi connectivity index (χ4v) is 4.14. The van der Waals surface area contributed by atoms with Crippen molar-refractivity contribution < 1.29 is 23.0 Å². The Morgan fingerprint density at radius 1 is 1.06 bits per heavy atom. The predicted octanol–water partition coefficient (Wildman–Crippen LogP) is 3.83. The van der Waals surface area contributed by atoms with Gasteiger partial charge in [0.05, 0.1) is 36.2 Å². The van der Waals surface area contributed by atoms with Gasteiger partial charge in [-0.3, -0.25) is 14.3 Å². The van der Waals surface area contributed by atoms with E-state index in [1.54, 1.807) is 40.9 Å². The summed E-state index contributed by atoms with van der Waals surface area (Å²) in [4.78, 5) is 22.4. The molecule has 0 amide bonds. The van der Waals surface area contributed by atoms with Gasteiger partial charge < -0.3 is 9.84 Å². The Bertz CT molecular complexity index is 1600. The van der Waals surface area contributed by atoms with Crippen molar-refractivity contribution in [3.05, 3.63) is 76.1 Å². The average Bonchev–Trinajstić information content (AvgIpc) is 3.38. The van der Waals surface area contributed by atoms with Crippen LogP contribution in [-0.2, 0) is 12.8 Å². The molecule has 2 N–H and O–H groups in total. The Kier molecular flexibility index (Phi) is 4.94. The quantitative estimate of drug-likeness (QED) is 0.417. The molecule has 0 saturated carbocycles. The molecule has 0 atom stereocenters. The van der Waals surface area contributed by atoms with E-state index in [9.17, 15) is 23.1 Å². The van der Waals surface area contributed by atoms with Crippen molar-refractivity contribution in [2.24, 2.45) is 0 Å². The lowest BCUT2D eigenvalue weighted by molar-refractivity contribution is -0.140. The number of nitrogens with zero attached hydrogens (tertiary/aromatic N) is 4. The van der Waals surface area contributed by atoms with E-state index in [1.807, 2.05) is 0 Å². The summed E-state index contributed by atoms with van der Waals surface area (Å²) in [6.07, 6.45) is -3.12. The highest BCUT2D eigenvalue weighted by atomic mass is 19.4. The van der Waals surface area contributed by atoms with Gasteiger partial charge in [-0.2, -0.15) is 17.7 Å². The average molecular weight is 469 g/mol. The monoisotopic (exact) mass is 469 g/mol. The first kappa shape index (κ1) is 21.7. The molecule has 0 radical (unpaired) electrons. The molecule has 4 aromatic heterocycles. The maximum atomic E-state index is 13.9. The van der Waals surface area contributed by atoms with Crippen LogP contribution in [0, 0.1) is 6.92 Å². The van der Waals surface area contributed by atoms with Crippen LogP contribution >= 0.6 is 0 Å². The molecule has 1 aromatic carbocycles. The van der Waals surface area contributed by atoms with Gasteiger partial charge in [0.1, 0.15) is 11.4 Å². The number of pyridine rings is 1. The Morgan fingerprint density at radius 2 is 1.79 bits per heavy atom. The number of ether oxygens (including phenoxy) is 1. The number of H-pyrrole nitrogens is 1. The number of benzene rings is 1. The zero-order valence-electron chi connectivity index (χ0n) is 18.0. The van der Waals surface area contributed by atoms with Crippen LogP contribution in [0.4, 0.5) is 13.2 Å². The van der Waals surface area contributed by atoms with E-state index in [-0.39, 0.29) is 39.4 Å². The first-order chi connectivity index (χ1) is 16.3. The molecular weight excluding hydrogens is 451 g/mol. The number of alkyl halides is 3. The minimum Gasteiger partial charge on any atom is -0.493 e. The number of aliphatic hydroxyl groups excluding tert-OH is 1. The molecular formula is C23H18F3N5O3. The summed E-state index contributed by atoms with van der Waals surface area (Å²) in [7, 11) is 1.46. The lowest BCUT2D eigenvalue weighted by Crippen LogP contribution is -2.20. The van der Waals surface area contributed by atoms with Crippen molar-refractivity contribution in [1.82, 2.24) is 24.0 Å². The maximum Gasteiger partial charge on any atom is 0.433 e. The van der Waals surface area contributed by atoms with E-state index >= 15 is 0 Å². The summed E-state index contributed by atoms with van der Waals surface area (Å²) < 4.78 is 49.5. The Morgan fingerprint density at radius 3 is 2.44 bits per heavy atom. The van der Waals surface area contributed by atoms with E-state index in [0.29, 0.717) is 11.4 Å². The summed E-state index contributed by atoms with van der Waals surface area (Å²) in [5.41, 5.74) is -1.08. The van der Waals surface area contributed by atoms with Gasteiger partial charge in [-0.15, -0.1) is 0 Å². The van der Waals surface area contributed by atoms with E-state index in [0.717, 1.165) is 4.52 Å². The predicted molar refractivity (Wildman–Crippen MR) is 118 cm³/mol. The second kappa shape index (κ2) is 7.73. The largest absolute Gasteiger partial charge is 0.493 e. The fourth-order valence-electron chi connectivity index (χ4n) is 4.14.